The number of halogens is 1. The van der Waals surface area contributed by atoms with Crippen LogP contribution in [0, 0.1) is 6.92 Å². The van der Waals surface area contributed by atoms with Crippen LogP contribution in [0.1, 0.15) is 29.9 Å². The number of nitrogens with one attached hydrogen (secondary N) is 1. The van der Waals surface area contributed by atoms with Crippen molar-refractivity contribution in [3.05, 3.63) is 44.4 Å². The van der Waals surface area contributed by atoms with E-state index < -0.39 is 0 Å². The molecule has 0 aliphatic heterocycles. The van der Waals surface area contributed by atoms with Gasteiger partial charge in [-0.1, -0.05) is 0 Å². The average Bonchev–Trinajstić information content (AvgIpc) is 2.84. The monoisotopic (exact) mass is 299 g/mol. The van der Waals surface area contributed by atoms with Crippen LogP contribution >= 0.6 is 27.3 Å². The number of rotatable bonds is 4. The molecule has 0 saturated carbocycles. The molecule has 0 spiro atoms. The molecule has 0 amide bonds. The summed E-state index contributed by atoms with van der Waals surface area (Å²) in [5.74, 6) is 0.958. The number of thiophene rings is 1. The number of hydrogen-bond donors (Lipinski definition) is 1. The van der Waals surface area contributed by atoms with E-state index in [4.69, 9.17) is 4.42 Å². The van der Waals surface area contributed by atoms with E-state index in [1.165, 1.54) is 11.1 Å². The van der Waals surface area contributed by atoms with Crippen molar-refractivity contribution in [2.24, 2.45) is 0 Å². The molecule has 4 heteroatoms. The highest BCUT2D eigenvalue weighted by Crippen LogP contribution is 2.21. The summed E-state index contributed by atoms with van der Waals surface area (Å²) in [6.07, 6.45) is 0. The van der Waals surface area contributed by atoms with E-state index in [0.717, 1.165) is 17.0 Å². The van der Waals surface area contributed by atoms with Crippen LogP contribution in [0.25, 0.3) is 0 Å². The topological polar surface area (TPSA) is 25.2 Å². The Morgan fingerprint density at radius 2 is 2.25 bits per heavy atom. The third-order valence-corrected chi connectivity index (χ3v) is 3.92. The average molecular weight is 300 g/mol. The fourth-order valence-corrected chi connectivity index (χ4v) is 2.67. The van der Waals surface area contributed by atoms with Crippen LogP contribution in [0.3, 0.4) is 0 Å². The van der Waals surface area contributed by atoms with Crippen molar-refractivity contribution in [3.63, 3.8) is 0 Å². The lowest BCUT2D eigenvalue weighted by Gasteiger charge is -2.10. The molecule has 0 bridgehead atoms. The predicted octanol–water partition coefficient (Wildman–Crippen LogP) is 4.26. The molecule has 0 saturated heterocycles. The Balaban J connectivity index is 1.93. The van der Waals surface area contributed by atoms with Gasteiger partial charge in [-0.25, -0.2) is 0 Å². The molecule has 0 aromatic carbocycles. The minimum absolute atomic E-state index is 0.227. The molecule has 0 fully saturated rings. The molecule has 1 atom stereocenters. The van der Waals surface area contributed by atoms with E-state index in [2.05, 4.69) is 45.9 Å². The van der Waals surface area contributed by atoms with E-state index >= 15 is 0 Å². The van der Waals surface area contributed by atoms with E-state index in [1.54, 1.807) is 11.3 Å². The van der Waals surface area contributed by atoms with Gasteiger partial charge in [0.25, 0.3) is 0 Å². The minimum atomic E-state index is 0.227. The highest BCUT2D eigenvalue weighted by atomic mass is 79.9. The summed E-state index contributed by atoms with van der Waals surface area (Å²) in [5.41, 5.74) is 2.72. The fraction of sp³-hybridized carbons (Fsp3) is 0.333. The molecule has 16 heavy (non-hydrogen) atoms. The van der Waals surface area contributed by atoms with Gasteiger partial charge in [0.1, 0.15) is 5.76 Å². The summed E-state index contributed by atoms with van der Waals surface area (Å²) in [5, 5.41) is 7.81. The molecular weight excluding hydrogens is 286 g/mol. The Morgan fingerprint density at radius 3 is 2.81 bits per heavy atom. The second-order valence-corrected chi connectivity index (χ2v) is 5.35. The number of hydrogen-bond acceptors (Lipinski definition) is 3. The van der Waals surface area contributed by atoms with Crippen molar-refractivity contribution in [1.29, 1.82) is 0 Å². The van der Waals surface area contributed by atoms with E-state index in [0.29, 0.717) is 0 Å². The van der Waals surface area contributed by atoms with Crippen LogP contribution in [0.4, 0.5) is 0 Å². The van der Waals surface area contributed by atoms with Crippen molar-refractivity contribution in [2.75, 3.05) is 0 Å². The molecular formula is C12H14BrNOS. The Kier molecular flexibility index (Phi) is 3.84. The smallest absolute Gasteiger partial charge is 0.169 e. The first kappa shape index (κ1) is 11.9. The lowest BCUT2D eigenvalue weighted by molar-refractivity contribution is 0.418. The quantitative estimate of drug-likeness (QED) is 0.912. The highest BCUT2D eigenvalue weighted by molar-refractivity contribution is 9.10. The van der Waals surface area contributed by atoms with Crippen molar-refractivity contribution >= 4 is 27.3 Å². The predicted molar refractivity (Wildman–Crippen MR) is 70.7 cm³/mol. The second-order valence-electron chi connectivity index (χ2n) is 3.82. The molecule has 2 heterocycles. The summed E-state index contributed by atoms with van der Waals surface area (Å²) in [6, 6.07) is 4.14. The van der Waals surface area contributed by atoms with Gasteiger partial charge >= 0.3 is 0 Å². The van der Waals surface area contributed by atoms with Crippen LogP contribution in [0.15, 0.2) is 32.0 Å². The summed E-state index contributed by atoms with van der Waals surface area (Å²) < 4.78 is 6.28. The van der Waals surface area contributed by atoms with Crippen molar-refractivity contribution in [2.45, 2.75) is 26.4 Å². The molecule has 86 valence electrons. The summed E-state index contributed by atoms with van der Waals surface area (Å²) in [7, 11) is 0. The summed E-state index contributed by atoms with van der Waals surface area (Å²) >= 11 is 5.06. The van der Waals surface area contributed by atoms with Gasteiger partial charge in [0.05, 0.1) is 6.04 Å². The van der Waals surface area contributed by atoms with Gasteiger partial charge in [-0.3, -0.25) is 0 Å². The first-order valence-corrected chi connectivity index (χ1v) is 6.90. The molecule has 2 aromatic rings. The zero-order valence-electron chi connectivity index (χ0n) is 9.29. The van der Waals surface area contributed by atoms with Crippen LogP contribution in [-0.2, 0) is 6.54 Å². The third-order valence-electron chi connectivity index (χ3n) is 2.58. The van der Waals surface area contributed by atoms with Crippen LogP contribution in [0.2, 0.25) is 0 Å². The SMILES string of the molecule is Cc1cscc1CNC(C)c1ccc(Br)o1. The van der Waals surface area contributed by atoms with Crippen LogP contribution in [-0.4, -0.2) is 0 Å². The van der Waals surface area contributed by atoms with Gasteiger partial charge in [-0.05, 0) is 63.8 Å². The van der Waals surface area contributed by atoms with Crippen LogP contribution in [0.5, 0.6) is 0 Å². The summed E-state index contributed by atoms with van der Waals surface area (Å²) in [4.78, 5) is 0. The second kappa shape index (κ2) is 5.17. The molecule has 2 rings (SSSR count). The number of furan rings is 1. The highest BCUT2D eigenvalue weighted by Gasteiger charge is 2.09. The van der Waals surface area contributed by atoms with E-state index in [1.807, 2.05) is 12.1 Å². The Labute approximate surface area is 108 Å². The molecule has 0 aliphatic rings. The van der Waals surface area contributed by atoms with Gasteiger partial charge in [0.2, 0.25) is 0 Å². The maximum Gasteiger partial charge on any atom is 0.169 e. The first-order chi connectivity index (χ1) is 7.66. The summed E-state index contributed by atoms with van der Waals surface area (Å²) in [6.45, 7) is 5.13. The van der Waals surface area contributed by atoms with Gasteiger partial charge in [-0.15, -0.1) is 0 Å². The van der Waals surface area contributed by atoms with Gasteiger partial charge in [0.15, 0.2) is 4.67 Å². The lowest BCUT2D eigenvalue weighted by atomic mass is 10.2. The molecule has 2 aromatic heterocycles. The van der Waals surface area contributed by atoms with Gasteiger partial charge in [0, 0.05) is 6.54 Å². The molecule has 2 nitrogen and oxygen atoms in total. The molecule has 1 N–H and O–H groups in total. The Bertz CT molecular complexity index is 463. The molecule has 1 unspecified atom stereocenters. The van der Waals surface area contributed by atoms with Gasteiger partial charge < -0.3 is 9.73 Å². The first-order valence-electron chi connectivity index (χ1n) is 5.17. The third kappa shape index (κ3) is 2.75. The maximum atomic E-state index is 5.50. The van der Waals surface area contributed by atoms with Crippen molar-refractivity contribution in [3.8, 4) is 0 Å². The number of aryl methyl sites for hydroxylation is 1. The van der Waals surface area contributed by atoms with Crippen molar-refractivity contribution < 1.29 is 4.42 Å². The minimum Gasteiger partial charge on any atom is -0.453 e. The largest absolute Gasteiger partial charge is 0.453 e. The Morgan fingerprint density at radius 1 is 1.44 bits per heavy atom. The van der Waals surface area contributed by atoms with Crippen molar-refractivity contribution in [1.82, 2.24) is 5.32 Å². The standard InChI is InChI=1S/C12H14BrNOS/c1-8-6-16-7-10(8)5-14-9(2)11-3-4-12(13)15-11/h3-4,6-7,9,14H,5H2,1-2H3. The fourth-order valence-electron chi connectivity index (χ4n) is 1.49. The normalized spacial score (nSPS) is 12.9. The van der Waals surface area contributed by atoms with Gasteiger partial charge in [-0.2, -0.15) is 11.3 Å². The Hall–Kier alpha value is -0.580. The molecule has 0 aliphatic carbocycles. The molecule has 0 radical (unpaired) electrons. The van der Waals surface area contributed by atoms with Crippen LogP contribution < -0.4 is 5.32 Å². The maximum absolute atomic E-state index is 5.50. The zero-order chi connectivity index (χ0) is 11.5. The van der Waals surface area contributed by atoms with E-state index in [9.17, 15) is 0 Å². The lowest BCUT2D eigenvalue weighted by Crippen LogP contribution is -2.17. The van der Waals surface area contributed by atoms with E-state index in [-0.39, 0.29) is 6.04 Å². The zero-order valence-corrected chi connectivity index (χ0v) is 11.7.